The first kappa shape index (κ1) is 14.5. The van der Waals surface area contributed by atoms with Crippen LogP contribution in [0.5, 0.6) is 5.75 Å². The van der Waals surface area contributed by atoms with Crippen LogP contribution in [0.2, 0.25) is 0 Å². The third-order valence-electron chi connectivity index (χ3n) is 2.44. The summed E-state index contributed by atoms with van der Waals surface area (Å²) in [5.74, 6) is -0.807. The highest BCUT2D eigenvalue weighted by Gasteiger charge is 2.17. The average molecular weight is 273 g/mol. The lowest BCUT2D eigenvalue weighted by Crippen LogP contribution is -2.32. The summed E-state index contributed by atoms with van der Waals surface area (Å²) in [6.45, 7) is 0. The Kier molecular flexibility index (Phi) is 4.31. The molecule has 0 radical (unpaired) electrons. The van der Waals surface area contributed by atoms with Gasteiger partial charge in [0.25, 0.3) is 0 Å². The summed E-state index contributed by atoms with van der Waals surface area (Å²) in [6, 6.07) is 3.22. The van der Waals surface area contributed by atoms with Crippen LogP contribution in [0, 0.1) is 0 Å². The van der Waals surface area contributed by atoms with Crippen molar-refractivity contribution in [1.29, 1.82) is 0 Å². The third-order valence-corrected chi connectivity index (χ3v) is 3.55. The summed E-state index contributed by atoms with van der Waals surface area (Å²) in [5.41, 5.74) is 5.98. The number of carboxylic acid groups (broad SMARTS) is 1. The number of carboxylic acids is 1. The van der Waals surface area contributed by atoms with Gasteiger partial charge in [0.15, 0.2) is 9.84 Å². The molecule has 0 saturated carbocycles. The van der Waals surface area contributed by atoms with E-state index >= 15 is 0 Å². The Hall–Kier alpha value is -1.60. The largest absolute Gasteiger partial charge is 0.496 e. The molecule has 0 amide bonds. The van der Waals surface area contributed by atoms with Crippen LogP contribution in [0.3, 0.4) is 0 Å². The third kappa shape index (κ3) is 3.44. The van der Waals surface area contributed by atoms with E-state index in [1.807, 2.05) is 0 Å². The molecule has 1 aromatic carbocycles. The minimum Gasteiger partial charge on any atom is -0.496 e. The number of nitrogens with two attached hydrogens (primary N) is 1. The lowest BCUT2D eigenvalue weighted by molar-refractivity contribution is -0.138. The zero-order chi connectivity index (χ0) is 13.9. The molecular weight excluding hydrogens is 258 g/mol. The highest BCUT2D eigenvalue weighted by molar-refractivity contribution is 7.90. The summed E-state index contributed by atoms with van der Waals surface area (Å²) >= 11 is 0. The van der Waals surface area contributed by atoms with Gasteiger partial charge in [-0.3, -0.25) is 4.79 Å². The van der Waals surface area contributed by atoms with E-state index in [0.29, 0.717) is 11.3 Å². The molecule has 0 aliphatic rings. The Morgan fingerprint density at radius 1 is 1.50 bits per heavy atom. The summed E-state index contributed by atoms with van der Waals surface area (Å²) in [4.78, 5) is 10.8. The number of carbonyl (C=O) groups is 1. The van der Waals surface area contributed by atoms with Gasteiger partial charge in [-0.1, -0.05) is 6.07 Å². The van der Waals surface area contributed by atoms with Crippen LogP contribution in [-0.4, -0.2) is 38.9 Å². The minimum absolute atomic E-state index is 0.0720. The average Bonchev–Trinajstić information content (AvgIpc) is 2.27. The Morgan fingerprint density at radius 3 is 2.56 bits per heavy atom. The van der Waals surface area contributed by atoms with Crippen molar-refractivity contribution in [2.45, 2.75) is 17.4 Å². The predicted molar refractivity (Wildman–Crippen MR) is 65.4 cm³/mol. The summed E-state index contributed by atoms with van der Waals surface area (Å²) in [5, 5.41) is 8.73. The van der Waals surface area contributed by atoms with Gasteiger partial charge in [0.2, 0.25) is 0 Å². The molecule has 0 spiro atoms. The highest BCUT2D eigenvalue weighted by atomic mass is 32.2. The minimum atomic E-state index is -3.32. The smallest absolute Gasteiger partial charge is 0.320 e. The number of hydrogen-bond acceptors (Lipinski definition) is 5. The van der Waals surface area contributed by atoms with Crippen molar-refractivity contribution in [3.05, 3.63) is 23.8 Å². The van der Waals surface area contributed by atoms with Crippen molar-refractivity contribution in [1.82, 2.24) is 0 Å². The molecule has 1 atom stereocenters. The molecule has 1 unspecified atom stereocenters. The van der Waals surface area contributed by atoms with E-state index < -0.39 is 21.8 Å². The van der Waals surface area contributed by atoms with Crippen molar-refractivity contribution in [2.24, 2.45) is 5.73 Å². The quantitative estimate of drug-likeness (QED) is 0.785. The van der Waals surface area contributed by atoms with E-state index in [2.05, 4.69) is 0 Å². The molecule has 0 aliphatic heterocycles. The van der Waals surface area contributed by atoms with E-state index in [9.17, 15) is 13.2 Å². The molecule has 0 heterocycles. The van der Waals surface area contributed by atoms with E-state index in [1.54, 1.807) is 0 Å². The first-order valence-corrected chi connectivity index (χ1v) is 7.00. The van der Waals surface area contributed by atoms with Gasteiger partial charge >= 0.3 is 5.97 Å². The van der Waals surface area contributed by atoms with Crippen molar-refractivity contribution in [3.63, 3.8) is 0 Å². The monoisotopic (exact) mass is 273 g/mol. The molecule has 3 N–H and O–H groups in total. The van der Waals surface area contributed by atoms with Crippen LogP contribution in [0.4, 0.5) is 0 Å². The van der Waals surface area contributed by atoms with Crippen LogP contribution >= 0.6 is 0 Å². The second kappa shape index (κ2) is 5.36. The van der Waals surface area contributed by atoms with Gasteiger partial charge in [0.05, 0.1) is 12.0 Å². The standard InChI is InChI=1S/C11H15NO5S/c1-17-10-6-8(18(2,15)16)4-3-7(10)5-9(12)11(13)14/h3-4,6,9H,5,12H2,1-2H3,(H,13,14). The van der Waals surface area contributed by atoms with Crippen molar-refractivity contribution < 1.29 is 23.1 Å². The van der Waals surface area contributed by atoms with Crippen molar-refractivity contribution in [3.8, 4) is 5.75 Å². The van der Waals surface area contributed by atoms with Crippen molar-refractivity contribution in [2.75, 3.05) is 13.4 Å². The molecule has 1 rings (SSSR count). The Balaban J connectivity index is 3.12. The van der Waals surface area contributed by atoms with Gasteiger partial charge in [-0.2, -0.15) is 0 Å². The maximum absolute atomic E-state index is 11.4. The van der Waals surface area contributed by atoms with E-state index in [-0.39, 0.29) is 11.3 Å². The number of rotatable bonds is 5. The normalized spacial score (nSPS) is 13.1. The molecule has 0 aromatic heterocycles. The highest BCUT2D eigenvalue weighted by Crippen LogP contribution is 2.24. The summed E-state index contributed by atoms with van der Waals surface area (Å²) in [6.07, 6.45) is 1.16. The number of methoxy groups -OCH3 is 1. The van der Waals surface area contributed by atoms with Gasteiger partial charge in [-0.25, -0.2) is 8.42 Å². The molecule has 6 nitrogen and oxygen atoms in total. The fraction of sp³-hybridized carbons (Fsp3) is 0.364. The van der Waals surface area contributed by atoms with Crippen LogP contribution in [0.15, 0.2) is 23.1 Å². The van der Waals surface area contributed by atoms with Crippen molar-refractivity contribution >= 4 is 15.8 Å². The van der Waals surface area contributed by atoms with Gasteiger partial charge in [-0.05, 0) is 17.7 Å². The van der Waals surface area contributed by atoms with Gasteiger partial charge < -0.3 is 15.6 Å². The molecular formula is C11H15NO5S. The summed E-state index contributed by atoms with van der Waals surface area (Å²) in [7, 11) is -1.94. The van der Waals surface area contributed by atoms with Gasteiger partial charge in [0.1, 0.15) is 11.8 Å². The molecule has 0 saturated heterocycles. The predicted octanol–water partition coefficient (Wildman–Crippen LogP) is 0.0531. The molecule has 0 bridgehead atoms. The van der Waals surface area contributed by atoms with Crippen LogP contribution in [-0.2, 0) is 21.1 Å². The maximum Gasteiger partial charge on any atom is 0.320 e. The van der Waals surface area contributed by atoms with Crippen LogP contribution in [0.1, 0.15) is 5.56 Å². The number of hydrogen-bond donors (Lipinski definition) is 2. The van der Waals surface area contributed by atoms with Gasteiger partial charge in [0, 0.05) is 12.7 Å². The topological polar surface area (TPSA) is 107 Å². The maximum atomic E-state index is 11.4. The number of aliphatic carboxylic acids is 1. The zero-order valence-electron chi connectivity index (χ0n) is 10.1. The first-order valence-electron chi connectivity index (χ1n) is 5.11. The molecule has 0 fully saturated rings. The molecule has 7 heteroatoms. The summed E-state index contributed by atoms with van der Waals surface area (Å²) < 4.78 is 27.8. The molecule has 100 valence electrons. The van der Waals surface area contributed by atoms with Gasteiger partial charge in [-0.15, -0.1) is 0 Å². The van der Waals surface area contributed by atoms with E-state index in [0.717, 1.165) is 6.26 Å². The van der Waals surface area contributed by atoms with E-state index in [1.165, 1.54) is 25.3 Å². The molecule has 18 heavy (non-hydrogen) atoms. The Morgan fingerprint density at radius 2 is 2.11 bits per heavy atom. The molecule has 1 aromatic rings. The van der Waals surface area contributed by atoms with E-state index in [4.69, 9.17) is 15.6 Å². The fourth-order valence-corrected chi connectivity index (χ4v) is 2.08. The lowest BCUT2D eigenvalue weighted by atomic mass is 10.1. The second-order valence-corrected chi connectivity index (χ2v) is 5.91. The second-order valence-electron chi connectivity index (χ2n) is 3.89. The SMILES string of the molecule is COc1cc(S(C)(=O)=O)ccc1CC(N)C(=O)O. The van der Waals surface area contributed by atoms with Crippen LogP contribution in [0.25, 0.3) is 0 Å². The number of benzene rings is 1. The number of ether oxygens (including phenoxy) is 1. The Bertz CT molecular complexity index is 553. The van der Waals surface area contributed by atoms with Crippen LogP contribution < -0.4 is 10.5 Å². The lowest BCUT2D eigenvalue weighted by Gasteiger charge is -2.12. The number of sulfone groups is 1. The fourth-order valence-electron chi connectivity index (χ4n) is 1.45. The Labute approximate surface area is 105 Å². The molecule has 0 aliphatic carbocycles. The zero-order valence-corrected chi connectivity index (χ0v) is 10.9. The first-order chi connectivity index (χ1) is 8.25.